The van der Waals surface area contributed by atoms with Crippen LogP contribution in [0.3, 0.4) is 0 Å². The van der Waals surface area contributed by atoms with Crippen LogP contribution in [0.5, 0.6) is 0 Å². The van der Waals surface area contributed by atoms with E-state index in [1.807, 2.05) is 0 Å². The quantitative estimate of drug-likeness (QED) is 0.709. The highest BCUT2D eigenvalue weighted by Crippen LogP contribution is 1.99. The molecule has 0 radical (unpaired) electrons. The minimum atomic E-state index is -2.53. The van der Waals surface area contributed by atoms with Crippen LogP contribution in [0.2, 0.25) is 0 Å². The third-order valence-corrected chi connectivity index (χ3v) is 1.36. The van der Waals surface area contributed by atoms with Gasteiger partial charge in [-0.2, -0.15) is 4.98 Å². The van der Waals surface area contributed by atoms with Crippen LogP contribution in [0, 0.1) is 0 Å². The lowest BCUT2D eigenvalue weighted by Crippen LogP contribution is -2.07. The fourth-order valence-corrected chi connectivity index (χ4v) is 0.775. The maximum absolute atomic E-state index is 11.6. The number of nitrogens with zero attached hydrogens (tertiary/aromatic N) is 2. The van der Waals surface area contributed by atoms with Gasteiger partial charge in [0.25, 0.3) is 12.2 Å². The standard InChI is InChI=1S/C7H8F2N2O4/c8-4(9)3-14-2-1-5-10-6(7(12)13)11-15-5/h4H,1-3H2,(H,12,13). The fourth-order valence-electron chi connectivity index (χ4n) is 0.775. The van der Waals surface area contributed by atoms with Crippen molar-refractivity contribution < 1.29 is 27.9 Å². The number of ether oxygens (including phenoxy) is 1. The first-order valence-corrected chi connectivity index (χ1v) is 4.01. The molecule has 0 unspecified atom stereocenters. The molecule has 0 spiro atoms. The van der Waals surface area contributed by atoms with E-state index in [0.29, 0.717) is 0 Å². The number of carbonyl (C=O) groups is 1. The summed E-state index contributed by atoms with van der Waals surface area (Å²) in [5.41, 5.74) is 0. The highest BCUT2D eigenvalue weighted by atomic mass is 19.3. The number of carboxylic acid groups (broad SMARTS) is 1. The summed E-state index contributed by atoms with van der Waals surface area (Å²) in [7, 11) is 0. The second kappa shape index (κ2) is 5.35. The number of carboxylic acids is 1. The molecule has 1 aromatic heterocycles. The van der Waals surface area contributed by atoms with Gasteiger partial charge >= 0.3 is 5.97 Å². The Morgan fingerprint density at radius 2 is 2.33 bits per heavy atom. The SMILES string of the molecule is O=C(O)c1noc(CCOCC(F)F)n1. The van der Waals surface area contributed by atoms with Crippen LogP contribution in [-0.2, 0) is 11.2 Å². The third-order valence-electron chi connectivity index (χ3n) is 1.36. The van der Waals surface area contributed by atoms with Crippen LogP contribution in [0.4, 0.5) is 8.78 Å². The largest absolute Gasteiger partial charge is 0.475 e. The van der Waals surface area contributed by atoms with Gasteiger partial charge in [0, 0.05) is 0 Å². The number of alkyl halides is 2. The van der Waals surface area contributed by atoms with Crippen molar-refractivity contribution in [2.24, 2.45) is 0 Å². The average molecular weight is 222 g/mol. The number of halogens is 2. The van der Waals surface area contributed by atoms with E-state index < -0.39 is 24.8 Å². The van der Waals surface area contributed by atoms with Gasteiger partial charge in [-0.3, -0.25) is 0 Å². The van der Waals surface area contributed by atoms with Crippen molar-refractivity contribution in [3.05, 3.63) is 11.7 Å². The van der Waals surface area contributed by atoms with Crippen LogP contribution >= 0.6 is 0 Å². The molecule has 1 N–H and O–H groups in total. The van der Waals surface area contributed by atoms with Gasteiger partial charge in [-0.15, -0.1) is 0 Å². The molecule has 0 fully saturated rings. The zero-order chi connectivity index (χ0) is 11.3. The molecule has 0 saturated carbocycles. The van der Waals surface area contributed by atoms with Crippen LogP contribution < -0.4 is 0 Å². The van der Waals surface area contributed by atoms with Gasteiger partial charge in [0.1, 0.15) is 6.61 Å². The zero-order valence-electron chi connectivity index (χ0n) is 7.52. The predicted octanol–water partition coefficient (Wildman–Crippen LogP) is 0.592. The van der Waals surface area contributed by atoms with E-state index >= 15 is 0 Å². The van der Waals surface area contributed by atoms with E-state index in [-0.39, 0.29) is 18.9 Å². The lowest BCUT2D eigenvalue weighted by atomic mass is 10.4. The van der Waals surface area contributed by atoms with E-state index in [4.69, 9.17) is 5.11 Å². The third kappa shape index (κ3) is 3.98. The first-order valence-electron chi connectivity index (χ1n) is 4.01. The Kier molecular flexibility index (Phi) is 4.10. The summed E-state index contributed by atoms with van der Waals surface area (Å²) in [5, 5.41) is 11.6. The molecular formula is C7H8F2N2O4. The topological polar surface area (TPSA) is 85.5 Å². The lowest BCUT2D eigenvalue weighted by molar-refractivity contribution is 0.0171. The van der Waals surface area contributed by atoms with E-state index in [2.05, 4.69) is 19.4 Å². The van der Waals surface area contributed by atoms with Gasteiger partial charge in [0.15, 0.2) is 0 Å². The van der Waals surface area contributed by atoms with Crippen molar-refractivity contribution >= 4 is 5.97 Å². The van der Waals surface area contributed by atoms with Gasteiger partial charge in [-0.1, -0.05) is 0 Å². The summed E-state index contributed by atoms with van der Waals surface area (Å²) in [6.07, 6.45) is -2.42. The Bertz CT molecular complexity index is 329. The molecule has 0 aliphatic heterocycles. The summed E-state index contributed by atoms with van der Waals surface area (Å²) in [4.78, 5) is 13.8. The zero-order valence-corrected chi connectivity index (χ0v) is 7.52. The molecule has 0 aromatic carbocycles. The van der Waals surface area contributed by atoms with Crippen LogP contribution in [0.15, 0.2) is 4.52 Å². The summed E-state index contributed by atoms with van der Waals surface area (Å²) in [5.74, 6) is -1.72. The molecule has 0 atom stereocenters. The molecule has 1 aromatic rings. The second-order valence-electron chi connectivity index (χ2n) is 2.53. The number of hydrogen-bond acceptors (Lipinski definition) is 5. The van der Waals surface area contributed by atoms with Crippen molar-refractivity contribution in [1.29, 1.82) is 0 Å². The average Bonchev–Trinajstić information content (AvgIpc) is 2.60. The molecular weight excluding hydrogens is 214 g/mol. The van der Waals surface area contributed by atoms with Gasteiger partial charge in [0.2, 0.25) is 5.89 Å². The molecule has 0 amide bonds. The number of rotatable bonds is 6. The Hall–Kier alpha value is -1.57. The number of aromatic carboxylic acids is 1. The Morgan fingerprint density at radius 1 is 1.60 bits per heavy atom. The monoisotopic (exact) mass is 222 g/mol. The maximum Gasteiger partial charge on any atom is 0.377 e. The lowest BCUT2D eigenvalue weighted by Gasteiger charge is -1.99. The van der Waals surface area contributed by atoms with E-state index in [1.54, 1.807) is 0 Å². The summed E-state index contributed by atoms with van der Waals surface area (Å²) in [6, 6.07) is 0. The van der Waals surface area contributed by atoms with Gasteiger partial charge in [-0.25, -0.2) is 13.6 Å². The smallest absolute Gasteiger partial charge is 0.377 e. The van der Waals surface area contributed by atoms with Crippen molar-refractivity contribution in [3.8, 4) is 0 Å². The molecule has 0 bridgehead atoms. The Balaban J connectivity index is 2.29. The van der Waals surface area contributed by atoms with E-state index in [1.165, 1.54) is 0 Å². The molecule has 0 aliphatic rings. The fraction of sp³-hybridized carbons (Fsp3) is 0.571. The van der Waals surface area contributed by atoms with Crippen LogP contribution in [-0.4, -0.2) is 40.9 Å². The normalized spacial score (nSPS) is 10.9. The summed E-state index contributed by atoms with van der Waals surface area (Å²) in [6.45, 7) is -0.689. The molecule has 15 heavy (non-hydrogen) atoms. The van der Waals surface area contributed by atoms with E-state index in [9.17, 15) is 13.6 Å². The molecule has 8 heteroatoms. The first-order chi connectivity index (χ1) is 7.09. The minimum absolute atomic E-state index is 0.0222. The molecule has 84 valence electrons. The molecule has 6 nitrogen and oxygen atoms in total. The first kappa shape index (κ1) is 11.5. The molecule has 1 rings (SSSR count). The molecule has 0 saturated heterocycles. The highest BCUT2D eigenvalue weighted by Gasteiger charge is 2.12. The summed E-state index contributed by atoms with van der Waals surface area (Å²) >= 11 is 0. The van der Waals surface area contributed by atoms with Gasteiger partial charge in [0.05, 0.1) is 13.0 Å². The van der Waals surface area contributed by atoms with Crippen molar-refractivity contribution in [3.63, 3.8) is 0 Å². The number of aromatic nitrogens is 2. The second-order valence-corrected chi connectivity index (χ2v) is 2.53. The van der Waals surface area contributed by atoms with E-state index in [0.717, 1.165) is 0 Å². The minimum Gasteiger partial charge on any atom is -0.475 e. The van der Waals surface area contributed by atoms with Crippen molar-refractivity contribution in [2.45, 2.75) is 12.8 Å². The molecule has 1 heterocycles. The Morgan fingerprint density at radius 3 is 2.87 bits per heavy atom. The van der Waals surface area contributed by atoms with Crippen molar-refractivity contribution in [2.75, 3.05) is 13.2 Å². The van der Waals surface area contributed by atoms with Crippen molar-refractivity contribution in [1.82, 2.24) is 10.1 Å². The van der Waals surface area contributed by atoms with Crippen LogP contribution in [0.25, 0.3) is 0 Å². The Labute approximate surface area is 82.8 Å². The summed E-state index contributed by atoms with van der Waals surface area (Å²) < 4.78 is 32.3. The van der Waals surface area contributed by atoms with Crippen LogP contribution in [0.1, 0.15) is 16.5 Å². The molecule has 0 aliphatic carbocycles. The predicted molar refractivity (Wildman–Crippen MR) is 41.8 cm³/mol. The number of hydrogen-bond donors (Lipinski definition) is 1. The van der Waals surface area contributed by atoms with Gasteiger partial charge < -0.3 is 14.4 Å². The van der Waals surface area contributed by atoms with Gasteiger partial charge in [-0.05, 0) is 5.16 Å². The highest BCUT2D eigenvalue weighted by molar-refractivity contribution is 5.82. The maximum atomic E-state index is 11.6.